The standard InChI is InChI=1S/C21H22N4O2S/c26-19(17-6-5-15-3-1-2-4-16(15)13-17)14-28-21-23-22-20(25(21)18-7-8-18)24-9-11-27-12-10-24/h1-6,13,18H,7-12,14H2. The van der Waals surface area contributed by atoms with Gasteiger partial charge in [0.1, 0.15) is 0 Å². The summed E-state index contributed by atoms with van der Waals surface area (Å²) in [5, 5.41) is 11.9. The van der Waals surface area contributed by atoms with Crippen LogP contribution in [0.25, 0.3) is 10.8 Å². The summed E-state index contributed by atoms with van der Waals surface area (Å²) in [4.78, 5) is 15.0. The summed E-state index contributed by atoms with van der Waals surface area (Å²) in [6.07, 6.45) is 2.31. The molecule has 0 unspecified atom stereocenters. The molecule has 6 nitrogen and oxygen atoms in total. The molecule has 1 aromatic heterocycles. The van der Waals surface area contributed by atoms with E-state index in [1.807, 2.05) is 36.4 Å². The molecule has 2 heterocycles. The third-order valence-corrected chi connectivity index (χ3v) is 6.20. The van der Waals surface area contributed by atoms with Gasteiger partial charge in [-0.1, -0.05) is 48.2 Å². The number of hydrogen-bond acceptors (Lipinski definition) is 6. The van der Waals surface area contributed by atoms with Crippen molar-refractivity contribution < 1.29 is 9.53 Å². The molecular weight excluding hydrogens is 372 g/mol. The van der Waals surface area contributed by atoms with Crippen LogP contribution >= 0.6 is 11.8 Å². The number of aromatic nitrogens is 3. The van der Waals surface area contributed by atoms with Crippen molar-refractivity contribution in [2.45, 2.75) is 24.0 Å². The smallest absolute Gasteiger partial charge is 0.228 e. The van der Waals surface area contributed by atoms with Crippen molar-refractivity contribution >= 4 is 34.3 Å². The van der Waals surface area contributed by atoms with Gasteiger partial charge in [-0.15, -0.1) is 10.2 Å². The summed E-state index contributed by atoms with van der Waals surface area (Å²) in [6.45, 7) is 3.12. The van der Waals surface area contributed by atoms with Crippen LogP contribution in [0.2, 0.25) is 0 Å². The largest absolute Gasteiger partial charge is 0.378 e. The Morgan fingerprint density at radius 1 is 1.07 bits per heavy atom. The Kier molecular flexibility index (Phi) is 4.78. The molecule has 0 N–H and O–H groups in total. The highest BCUT2D eigenvalue weighted by Gasteiger charge is 2.32. The van der Waals surface area contributed by atoms with Crippen LogP contribution in [-0.2, 0) is 4.74 Å². The van der Waals surface area contributed by atoms with Crippen molar-refractivity contribution in [3.8, 4) is 0 Å². The Morgan fingerprint density at radius 2 is 1.86 bits per heavy atom. The second-order valence-electron chi connectivity index (χ2n) is 7.26. The summed E-state index contributed by atoms with van der Waals surface area (Å²) in [7, 11) is 0. The fraction of sp³-hybridized carbons (Fsp3) is 0.381. The molecule has 144 valence electrons. The summed E-state index contributed by atoms with van der Waals surface area (Å²) in [5.41, 5.74) is 0.747. The first-order chi connectivity index (χ1) is 13.8. The molecule has 0 atom stereocenters. The molecule has 0 spiro atoms. The van der Waals surface area contributed by atoms with Gasteiger partial charge in [0.25, 0.3) is 0 Å². The van der Waals surface area contributed by atoms with E-state index >= 15 is 0 Å². The maximum absolute atomic E-state index is 12.8. The first-order valence-electron chi connectivity index (χ1n) is 9.72. The summed E-state index contributed by atoms with van der Waals surface area (Å²) in [6, 6.07) is 14.5. The Hall–Kier alpha value is -2.38. The van der Waals surface area contributed by atoms with E-state index < -0.39 is 0 Å². The average Bonchev–Trinajstić information content (AvgIpc) is 3.51. The fourth-order valence-electron chi connectivity index (χ4n) is 3.58. The first-order valence-corrected chi connectivity index (χ1v) is 10.7. The normalized spacial score (nSPS) is 17.2. The molecular formula is C21H22N4O2S. The van der Waals surface area contributed by atoms with Gasteiger partial charge in [0.05, 0.1) is 19.0 Å². The van der Waals surface area contributed by atoms with E-state index in [4.69, 9.17) is 4.74 Å². The number of anilines is 1. The highest BCUT2D eigenvalue weighted by molar-refractivity contribution is 7.99. The van der Waals surface area contributed by atoms with Crippen molar-refractivity contribution in [1.29, 1.82) is 0 Å². The van der Waals surface area contributed by atoms with E-state index in [1.54, 1.807) is 0 Å². The number of hydrogen-bond donors (Lipinski definition) is 0. The lowest BCUT2D eigenvalue weighted by Gasteiger charge is -2.27. The number of benzene rings is 2. The minimum atomic E-state index is 0.119. The molecule has 0 amide bonds. The maximum atomic E-state index is 12.8. The van der Waals surface area contributed by atoms with Crippen molar-refractivity contribution in [3.63, 3.8) is 0 Å². The number of thioether (sulfide) groups is 1. The van der Waals surface area contributed by atoms with E-state index in [9.17, 15) is 4.79 Å². The van der Waals surface area contributed by atoms with E-state index in [0.29, 0.717) is 11.8 Å². The Bertz CT molecular complexity index is 1010. The Labute approximate surface area is 167 Å². The molecule has 3 aromatic rings. The number of carbonyl (C=O) groups is 1. The van der Waals surface area contributed by atoms with E-state index in [-0.39, 0.29) is 5.78 Å². The van der Waals surface area contributed by atoms with Crippen molar-refractivity contribution in [2.75, 3.05) is 37.0 Å². The van der Waals surface area contributed by atoms with Crippen LogP contribution in [0, 0.1) is 0 Å². The van der Waals surface area contributed by atoms with Crippen LogP contribution in [0.3, 0.4) is 0 Å². The van der Waals surface area contributed by atoms with Gasteiger partial charge in [-0.3, -0.25) is 9.36 Å². The molecule has 2 aliphatic rings. The summed E-state index contributed by atoms with van der Waals surface area (Å²) < 4.78 is 7.68. The molecule has 7 heteroatoms. The second-order valence-corrected chi connectivity index (χ2v) is 8.20. The predicted octanol–water partition coefficient (Wildman–Crippen LogP) is 3.58. The van der Waals surface area contributed by atoms with Crippen LogP contribution in [0.15, 0.2) is 47.6 Å². The number of Topliss-reactive ketones (excluding diaryl/α,β-unsaturated/α-hetero) is 1. The van der Waals surface area contributed by atoms with Gasteiger partial charge in [0.2, 0.25) is 5.95 Å². The van der Waals surface area contributed by atoms with Gasteiger partial charge in [-0.05, 0) is 29.7 Å². The van der Waals surface area contributed by atoms with Crippen molar-refractivity contribution in [3.05, 3.63) is 48.0 Å². The topological polar surface area (TPSA) is 60.3 Å². The number of ether oxygens (including phenoxy) is 1. The molecule has 1 aliphatic heterocycles. The molecule has 0 radical (unpaired) electrons. The fourth-order valence-corrected chi connectivity index (χ4v) is 4.47. The molecule has 5 rings (SSSR count). The molecule has 0 bridgehead atoms. The van der Waals surface area contributed by atoms with Crippen LogP contribution in [-0.4, -0.2) is 52.6 Å². The van der Waals surface area contributed by atoms with Gasteiger partial charge in [-0.2, -0.15) is 0 Å². The zero-order valence-electron chi connectivity index (χ0n) is 15.6. The molecule has 2 aromatic carbocycles. The lowest BCUT2D eigenvalue weighted by atomic mass is 10.1. The van der Waals surface area contributed by atoms with Gasteiger partial charge in [0.15, 0.2) is 10.9 Å². The monoisotopic (exact) mass is 394 g/mol. The molecule has 1 aliphatic carbocycles. The van der Waals surface area contributed by atoms with Crippen molar-refractivity contribution in [2.24, 2.45) is 0 Å². The van der Waals surface area contributed by atoms with Gasteiger partial charge in [-0.25, -0.2) is 0 Å². The number of morpholine rings is 1. The van der Waals surface area contributed by atoms with Gasteiger partial charge >= 0.3 is 0 Å². The highest BCUT2D eigenvalue weighted by Crippen LogP contribution is 2.41. The first kappa shape index (κ1) is 17.7. The van der Waals surface area contributed by atoms with Crippen LogP contribution in [0.5, 0.6) is 0 Å². The van der Waals surface area contributed by atoms with Gasteiger partial charge in [0, 0.05) is 24.7 Å². The SMILES string of the molecule is O=C(CSc1nnc(N2CCOCC2)n1C1CC1)c1ccc2ccccc2c1. The molecule has 28 heavy (non-hydrogen) atoms. The lowest BCUT2D eigenvalue weighted by molar-refractivity contribution is 0.102. The van der Waals surface area contributed by atoms with E-state index in [2.05, 4.69) is 25.7 Å². The minimum Gasteiger partial charge on any atom is -0.378 e. The van der Waals surface area contributed by atoms with Crippen LogP contribution < -0.4 is 4.90 Å². The number of nitrogens with zero attached hydrogens (tertiary/aromatic N) is 4. The third-order valence-electron chi connectivity index (χ3n) is 5.26. The zero-order valence-corrected chi connectivity index (χ0v) is 16.4. The van der Waals surface area contributed by atoms with E-state index in [1.165, 1.54) is 11.8 Å². The number of fused-ring (bicyclic) bond motifs is 1. The highest BCUT2D eigenvalue weighted by atomic mass is 32.2. The van der Waals surface area contributed by atoms with Gasteiger partial charge < -0.3 is 9.64 Å². The van der Waals surface area contributed by atoms with E-state index in [0.717, 1.165) is 66.6 Å². The quantitative estimate of drug-likeness (QED) is 0.470. The maximum Gasteiger partial charge on any atom is 0.228 e. The summed E-state index contributed by atoms with van der Waals surface area (Å²) in [5.74, 6) is 1.41. The Morgan fingerprint density at radius 3 is 2.64 bits per heavy atom. The predicted molar refractivity (Wildman–Crippen MR) is 110 cm³/mol. The van der Waals surface area contributed by atoms with Crippen LogP contribution in [0.4, 0.5) is 5.95 Å². The molecule has 2 fully saturated rings. The third kappa shape index (κ3) is 3.52. The zero-order chi connectivity index (χ0) is 18.9. The Balaban J connectivity index is 1.33. The number of rotatable bonds is 6. The van der Waals surface area contributed by atoms with Crippen LogP contribution in [0.1, 0.15) is 29.2 Å². The van der Waals surface area contributed by atoms with Crippen molar-refractivity contribution in [1.82, 2.24) is 14.8 Å². The number of carbonyl (C=O) groups excluding carboxylic acids is 1. The molecule has 1 saturated carbocycles. The minimum absolute atomic E-state index is 0.119. The number of ketones is 1. The second kappa shape index (κ2) is 7.56. The summed E-state index contributed by atoms with van der Waals surface area (Å²) >= 11 is 1.49. The average molecular weight is 395 g/mol. The lowest BCUT2D eigenvalue weighted by Crippen LogP contribution is -2.38. The molecule has 1 saturated heterocycles.